The second kappa shape index (κ2) is 4.80. The van der Waals surface area contributed by atoms with Crippen molar-refractivity contribution in [3.05, 3.63) is 28.8 Å². The number of hydrogen-bond donors (Lipinski definition) is 0. The first-order valence-corrected chi connectivity index (χ1v) is 6.25. The van der Waals surface area contributed by atoms with E-state index in [-0.39, 0.29) is 0 Å². The third-order valence-electron chi connectivity index (χ3n) is 2.86. The Morgan fingerprint density at radius 1 is 1.24 bits per heavy atom. The molecule has 1 aromatic carbocycles. The molecular weight excluding hydrogens is 254 g/mol. The molecule has 1 saturated heterocycles. The quantitative estimate of drug-likeness (QED) is 0.725. The minimum Gasteiger partial charge on any atom is -0.339 e. The molecule has 0 aromatic heterocycles. The van der Waals surface area contributed by atoms with E-state index in [0.29, 0.717) is 0 Å². The summed E-state index contributed by atoms with van der Waals surface area (Å²) in [4.78, 5) is 6.37. The van der Waals surface area contributed by atoms with Crippen LogP contribution in [-0.2, 0) is 0 Å². The average molecular weight is 270 g/mol. The first-order chi connectivity index (χ1) is 7.99. The van der Waals surface area contributed by atoms with Crippen LogP contribution in [0.5, 0.6) is 0 Å². The van der Waals surface area contributed by atoms with E-state index >= 15 is 0 Å². The zero-order valence-electron chi connectivity index (χ0n) is 10.3. The highest BCUT2D eigenvalue weighted by molar-refractivity contribution is 7.80. The molecule has 0 radical (unpaired) electrons. The van der Waals surface area contributed by atoms with Gasteiger partial charge in [0.1, 0.15) is 0 Å². The Kier molecular flexibility index (Phi) is 3.56. The lowest BCUT2D eigenvalue weighted by molar-refractivity contribution is 0.224. The Hall–Kier alpha value is -0.840. The van der Waals surface area contributed by atoms with Gasteiger partial charge in [-0.1, -0.05) is 17.7 Å². The molecular formula is C12H16ClN3S. The van der Waals surface area contributed by atoms with Gasteiger partial charge in [0.25, 0.3) is 0 Å². The van der Waals surface area contributed by atoms with Gasteiger partial charge in [0.2, 0.25) is 0 Å². The molecule has 1 aromatic rings. The summed E-state index contributed by atoms with van der Waals surface area (Å²) in [7, 11) is 4.08. The van der Waals surface area contributed by atoms with Crippen molar-refractivity contribution < 1.29 is 0 Å². The van der Waals surface area contributed by atoms with Gasteiger partial charge in [0.15, 0.2) is 5.11 Å². The Balaban J connectivity index is 2.37. The zero-order valence-corrected chi connectivity index (χ0v) is 11.8. The highest BCUT2D eigenvalue weighted by atomic mass is 35.5. The summed E-state index contributed by atoms with van der Waals surface area (Å²) < 4.78 is 0. The van der Waals surface area contributed by atoms with Crippen molar-refractivity contribution in [3.63, 3.8) is 0 Å². The molecule has 0 amide bonds. The monoisotopic (exact) mass is 269 g/mol. The normalized spacial score (nSPS) is 17.8. The standard InChI is InChI=1S/C12H16ClN3S/c1-9-4-5-10(13)6-11(9)16-8-14(2)7-15(3)12(16)17/h4-6H,7-8H2,1-3H3. The van der Waals surface area contributed by atoms with Gasteiger partial charge in [-0.2, -0.15) is 0 Å². The van der Waals surface area contributed by atoms with E-state index in [0.717, 1.165) is 29.2 Å². The topological polar surface area (TPSA) is 9.72 Å². The summed E-state index contributed by atoms with van der Waals surface area (Å²) in [5.41, 5.74) is 2.27. The van der Waals surface area contributed by atoms with Gasteiger partial charge in [-0.3, -0.25) is 4.90 Å². The number of rotatable bonds is 1. The number of benzene rings is 1. The molecule has 1 aliphatic rings. The molecule has 0 aliphatic carbocycles. The summed E-state index contributed by atoms with van der Waals surface area (Å²) in [5.74, 6) is 0. The van der Waals surface area contributed by atoms with Gasteiger partial charge in [-0.25, -0.2) is 0 Å². The lowest BCUT2D eigenvalue weighted by Gasteiger charge is -2.41. The second-order valence-electron chi connectivity index (χ2n) is 4.48. The molecule has 2 rings (SSSR count). The summed E-state index contributed by atoms with van der Waals surface area (Å²) >= 11 is 11.5. The highest BCUT2D eigenvalue weighted by Gasteiger charge is 2.24. The zero-order chi connectivity index (χ0) is 12.6. The van der Waals surface area contributed by atoms with Gasteiger partial charge in [0.05, 0.1) is 13.3 Å². The fourth-order valence-corrected chi connectivity index (χ4v) is 2.41. The summed E-state index contributed by atoms with van der Waals surface area (Å²) in [6.45, 7) is 3.72. The lowest BCUT2D eigenvalue weighted by Crippen LogP contribution is -2.55. The minimum absolute atomic E-state index is 0.740. The van der Waals surface area contributed by atoms with Crippen molar-refractivity contribution >= 4 is 34.6 Å². The van der Waals surface area contributed by atoms with Crippen LogP contribution in [0.1, 0.15) is 5.56 Å². The number of hydrogen-bond acceptors (Lipinski definition) is 2. The van der Waals surface area contributed by atoms with E-state index < -0.39 is 0 Å². The number of halogens is 1. The Labute approximate surface area is 113 Å². The first-order valence-electron chi connectivity index (χ1n) is 5.46. The van der Waals surface area contributed by atoms with E-state index in [1.54, 1.807) is 0 Å². The van der Waals surface area contributed by atoms with E-state index in [2.05, 4.69) is 28.7 Å². The molecule has 92 valence electrons. The lowest BCUT2D eigenvalue weighted by atomic mass is 10.2. The molecule has 1 fully saturated rings. The molecule has 0 N–H and O–H groups in total. The predicted octanol–water partition coefficient (Wildman–Crippen LogP) is 2.53. The number of nitrogens with zero attached hydrogens (tertiary/aromatic N) is 3. The van der Waals surface area contributed by atoms with E-state index in [4.69, 9.17) is 23.8 Å². The molecule has 5 heteroatoms. The van der Waals surface area contributed by atoms with Crippen molar-refractivity contribution in [2.45, 2.75) is 6.92 Å². The fraction of sp³-hybridized carbons (Fsp3) is 0.417. The number of aryl methyl sites for hydroxylation is 1. The number of anilines is 1. The Morgan fingerprint density at radius 3 is 2.65 bits per heavy atom. The van der Waals surface area contributed by atoms with Gasteiger partial charge >= 0.3 is 0 Å². The maximum atomic E-state index is 6.06. The van der Waals surface area contributed by atoms with Crippen LogP contribution < -0.4 is 4.90 Å². The smallest absolute Gasteiger partial charge is 0.178 e. The van der Waals surface area contributed by atoms with Gasteiger partial charge in [0, 0.05) is 17.8 Å². The Morgan fingerprint density at radius 2 is 1.94 bits per heavy atom. The summed E-state index contributed by atoms with van der Waals surface area (Å²) in [6.07, 6.45) is 0. The van der Waals surface area contributed by atoms with Crippen LogP contribution in [0.25, 0.3) is 0 Å². The van der Waals surface area contributed by atoms with Crippen LogP contribution in [0.3, 0.4) is 0 Å². The van der Waals surface area contributed by atoms with Crippen molar-refractivity contribution in [2.24, 2.45) is 0 Å². The van der Waals surface area contributed by atoms with Gasteiger partial charge in [-0.05, 0) is 43.9 Å². The van der Waals surface area contributed by atoms with Crippen LogP contribution in [0.2, 0.25) is 5.02 Å². The molecule has 17 heavy (non-hydrogen) atoms. The molecule has 0 saturated carbocycles. The third kappa shape index (κ3) is 2.54. The number of thiocarbonyl (C=S) groups is 1. The SMILES string of the molecule is Cc1ccc(Cl)cc1N1CN(C)CN(C)C1=S. The highest BCUT2D eigenvalue weighted by Crippen LogP contribution is 2.26. The van der Waals surface area contributed by atoms with Crippen LogP contribution in [0, 0.1) is 6.92 Å². The largest absolute Gasteiger partial charge is 0.339 e. The summed E-state index contributed by atoms with van der Waals surface area (Å²) in [5, 5.41) is 1.58. The molecule has 0 spiro atoms. The molecule has 1 aliphatic heterocycles. The average Bonchev–Trinajstić information content (AvgIpc) is 2.27. The van der Waals surface area contributed by atoms with Gasteiger partial charge in [-0.15, -0.1) is 0 Å². The van der Waals surface area contributed by atoms with Crippen LogP contribution in [0.15, 0.2) is 18.2 Å². The summed E-state index contributed by atoms with van der Waals surface area (Å²) in [6, 6.07) is 5.89. The molecule has 0 bridgehead atoms. The van der Waals surface area contributed by atoms with Crippen molar-refractivity contribution in [1.82, 2.24) is 9.80 Å². The minimum atomic E-state index is 0.740. The molecule has 3 nitrogen and oxygen atoms in total. The molecule has 0 atom stereocenters. The fourth-order valence-electron chi connectivity index (χ4n) is 2.03. The molecule has 0 unspecified atom stereocenters. The maximum Gasteiger partial charge on any atom is 0.178 e. The maximum absolute atomic E-state index is 6.06. The Bertz CT molecular complexity index is 449. The van der Waals surface area contributed by atoms with Crippen LogP contribution >= 0.6 is 23.8 Å². The van der Waals surface area contributed by atoms with Crippen molar-refractivity contribution in [3.8, 4) is 0 Å². The van der Waals surface area contributed by atoms with Gasteiger partial charge < -0.3 is 9.80 Å². The van der Waals surface area contributed by atoms with E-state index in [1.807, 2.05) is 25.2 Å². The predicted molar refractivity (Wildman–Crippen MR) is 76.5 cm³/mol. The van der Waals surface area contributed by atoms with E-state index in [1.165, 1.54) is 5.56 Å². The van der Waals surface area contributed by atoms with E-state index in [9.17, 15) is 0 Å². The van der Waals surface area contributed by atoms with Crippen LogP contribution in [0.4, 0.5) is 5.69 Å². The van der Waals surface area contributed by atoms with Crippen molar-refractivity contribution in [2.75, 3.05) is 32.3 Å². The van der Waals surface area contributed by atoms with Crippen molar-refractivity contribution in [1.29, 1.82) is 0 Å². The first kappa shape index (κ1) is 12.6. The molecule has 1 heterocycles. The van der Waals surface area contributed by atoms with Crippen LogP contribution in [-0.4, -0.2) is 42.3 Å². The third-order valence-corrected chi connectivity index (χ3v) is 3.62. The second-order valence-corrected chi connectivity index (χ2v) is 5.28.